The van der Waals surface area contributed by atoms with E-state index in [-0.39, 0.29) is 0 Å². The fourth-order valence-electron chi connectivity index (χ4n) is 1.32. The molecule has 1 rings (SSSR count). The maximum atomic E-state index is 6.09. The first-order valence-corrected chi connectivity index (χ1v) is 6.21. The third-order valence-corrected chi connectivity index (χ3v) is 2.88. The van der Waals surface area contributed by atoms with Gasteiger partial charge in [-0.3, -0.25) is 0 Å². The van der Waals surface area contributed by atoms with E-state index in [1.807, 2.05) is 25.1 Å². The Bertz CT molecular complexity index is 328. The van der Waals surface area contributed by atoms with Crippen molar-refractivity contribution in [3.05, 3.63) is 23.2 Å². The molecule has 0 aromatic heterocycles. The van der Waals surface area contributed by atoms with Gasteiger partial charge in [0.2, 0.25) is 0 Å². The minimum Gasteiger partial charge on any atom is -0.492 e. The number of hydrogen-bond acceptors (Lipinski definition) is 2. The first-order valence-electron chi connectivity index (χ1n) is 5.83. The first kappa shape index (κ1) is 13.2. The van der Waals surface area contributed by atoms with E-state index in [4.69, 9.17) is 16.3 Å². The molecule has 16 heavy (non-hydrogen) atoms. The molecule has 1 unspecified atom stereocenters. The molecule has 2 nitrogen and oxygen atoms in total. The predicted molar refractivity (Wildman–Crippen MR) is 70.6 cm³/mol. The lowest BCUT2D eigenvalue weighted by molar-refractivity contribution is 0.340. The highest BCUT2D eigenvalue weighted by molar-refractivity contribution is 6.32. The zero-order chi connectivity index (χ0) is 12.0. The van der Waals surface area contributed by atoms with Crippen LogP contribution in [0.15, 0.2) is 18.2 Å². The molecule has 1 aromatic carbocycles. The summed E-state index contributed by atoms with van der Waals surface area (Å²) in [6.45, 7) is 7.98. The van der Waals surface area contributed by atoms with Gasteiger partial charge in [0.25, 0.3) is 0 Å². The average Bonchev–Trinajstić information content (AvgIpc) is 2.29. The summed E-state index contributed by atoms with van der Waals surface area (Å²) in [6.07, 6.45) is 1.18. The lowest BCUT2D eigenvalue weighted by Gasteiger charge is -2.12. The van der Waals surface area contributed by atoms with Crippen LogP contribution in [0, 0.1) is 5.92 Å². The molecule has 0 radical (unpaired) electrons. The minimum absolute atomic E-state index is 0.638. The molecule has 1 N–H and O–H groups in total. The van der Waals surface area contributed by atoms with E-state index in [1.54, 1.807) is 0 Å². The Morgan fingerprint density at radius 3 is 2.69 bits per heavy atom. The molecule has 0 saturated heterocycles. The highest BCUT2D eigenvalue weighted by atomic mass is 35.5. The second kappa shape index (κ2) is 6.64. The molecule has 1 aromatic rings. The number of ether oxygens (including phenoxy) is 1. The van der Waals surface area contributed by atoms with Crippen molar-refractivity contribution < 1.29 is 4.74 Å². The quantitative estimate of drug-likeness (QED) is 0.806. The van der Waals surface area contributed by atoms with Crippen LogP contribution in [0.4, 0.5) is 5.69 Å². The summed E-state index contributed by atoms with van der Waals surface area (Å²) in [6, 6.07) is 5.82. The van der Waals surface area contributed by atoms with Crippen LogP contribution in [0.5, 0.6) is 5.75 Å². The summed E-state index contributed by atoms with van der Waals surface area (Å²) in [5.74, 6) is 1.42. The number of halogens is 1. The van der Waals surface area contributed by atoms with Crippen molar-refractivity contribution in [3.63, 3.8) is 0 Å². The van der Waals surface area contributed by atoms with Crippen molar-refractivity contribution in [3.8, 4) is 5.75 Å². The Balaban J connectivity index is 2.59. The highest BCUT2D eigenvalue weighted by Gasteiger charge is 2.03. The van der Waals surface area contributed by atoms with Gasteiger partial charge in [0.1, 0.15) is 5.75 Å². The SMILES string of the molecule is CCOc1ccc(NCC(C)CC)cc1Cl. The molecule has 0 aliphatic carbocycles. The number of hydrogen-bond donors (Lipinski definition) is 1. The number of anilines is 1. The molecule has 0 saturated carbocycles. The molecule has 0 aliphatic rings. The third-order valence-electron chi connectivity index (χ3n) is 2.58. The Labute approximate surface area is 103 Å². The monoisotopic (exact) mass is 241 g/mol. The van der Waals surface area contributed by atoms with Gasteiger partial charge in [-0.15, -0.1) is 0 Å². The Kier molecular flexibility index (Phi) is 5.47. The van der Waals surface area contributed by atoms with Crippen LogP contribution in [0.1, 0.15) is 27.2 Å². The largest absolute Gasteiger partial charge is 0.492 e. The second-order valence-electron chi connectivity index (χ2n) is 3.97. The van der Waals surface area contributed by atoms with Gasteiger partial charge in [0.15, 0.2) is 0 Å². The van der Waals surface area contributed by atoms with Gasteiger partial charge in [-0.05, 0) is 31.0 Å². The molecule has 90 valence electrons. The summed E-state index contributed by atoms with van der Waals surface area (Å²) >= 11 is 6.09. The normalized spacial score (nSPS) is 12.2. The summed E-state index contributed by atoms with van der Waals surface area (Å²) < 4.78 is 5.38. The summed E-state index contributed by atoms with van der Waals surface area (Å²) in [7, 11) is 0. The topological polar surface area (TPSA) is 21.3 Å². The molecular formula is C13H20ClNO. The minimum atomic E-state index is 0.638. The predicted octanol–water partition coefficient (Wildman–Crippen LogP) is 4.20. The molecule has 0 amide bonds. The number of nitrogens with one attached hydrogen (secondary N) is 1. The molecule has 0 aliphatic heterocycles. The number of rotatable bonds is 6. The van der Waals surface area contributed by atoms with Gasteiger partial charge in [-0.25, -0.2) is 0 Å². The van der Waals surface area contributed by atoms with E-state index in [2.05, 4.69) is 19.2 Å². The van der Waals surface area contributed by atoms with E-state index in [0.717, 1.165) is 18.0 Å². The van der Waals surface area contributed by atoms with Crippen molar-refractivity contribution in [2.24, 2.45) is 5.92 Å². The van der Waals surface area contributed by atoms with Crippen LogP contribution in [0.3, 0.4) is 0 Å². The third kappa shape index (κ3) is 3.93. The molecule has 0 bridgehead atoms. The van der Waals surface area contributed by atoms with Crippen molar-refractivity contribution in [2.45, 2.75) is 27.2 Å². The summed E-state index contributed by atoms with van der Waals surface area (Å²) in [4.78, 5) is 0. The molecule has 0 fully saturated rings. The maximum Gasteiger partial charge on any atom is 0.138 e. The van der Waals surface area contributed by atoms with Crippen LogP contribution < -0.4 is 10.1 Å². The maximum absolute atomic E-state index is 6.09. The zero-order valence-electron chi connectivity index (χ0n) is 10.2. The molecule has 0 heterocycles. The lowest BCUT2D eigenvalue weighted by atomic mass is 10.1. The molecule has 0 spiro atoms. The van der Waals surface area contributed by atoms with E-state index in [9.17, 15) is 0 Å². The number of benzene rings is 1. The van der Waals surface area contributed by atoms with Crippen molar-refractivity contribution in [1.29, 1.82) is 0 Å². The van der Waals surface area contributed by atoms with Crippen LogP contribution in [0.2, 0.25) is 5.02 Å². The fraction of sp³-hybridized carbons (Fsp3) is 0.538. The van der Waals surface area contributed by atoms with Crippen LogP contribution in [-0.2, 0) is 0 Å². The summed E-state index contributed by atoms with van der Waals surface area (Å²) in [5, 5.41) is 4.03. The Morgan fingerprint density at radius 1 is 1.38 bits per heavy atom. The highest BCUT2D eigenvalue weighted by Crippen LogP contribution is 2.27. The lowest BCUT2D eigenvalue weighted by Crippen LogP contribution is -2.10. The van der Waals surface area contributed by atoms with E-state index < -0.39 is 0 Å². The molecule has 3 heteroatoms. The van der Waals surface area contributed by atoms with Crippen molar-refractivity contribution in [2.75, 3.05) is 18.5 Å². The van der Waals surface area contributed by atoms with Gasteiger partial charge in [0.05, 0.1) is 11.6 Å². The van der Waals surface area contributed by atoms with Gasteiger partial charge in [-0.1, -0.05) is 31.9 Å². The second-order valence-corrected chi connectivity index (χ2v) is 4.38. The van der Waals surface area contributed by atoms with Crippen LogP contribution in [0.25, 0.3) is 0 Å². The smallest absolute Gasteiger partial charge is 0.138 e. The molecular weight excluding hydrogens is 222 g/mol. The van der Waals surface area contributed by atoms with Gasteiger partial charge in [0, 0.05) is 12.2 Å². The van der Waals surface area contributed by atoms with Gasteiger partial charge in [-0.2, -0.15) is 0 Å². The Hall–Kier alpha value is -0.890. The van der Waals surface area contributed by atoms with Gasteiger partial charge >= 0.3 is 0 Å². The summed E-state index contributed by atoms with van der Waals surface area (Å²) in [5.41, 5.74) is 1.05. The van der Waals surface area contributed by atoms with Crippen molar-refractivity contribution in [1.82, 2.24) is 0 Å². The average molecular weight is 242 g/mol. The standard InChI is InChI=1S/C13H20ClNO/c1-4-10(3)9-15-11-6-7-13(16-5-2)12(14)8-11/h6-8,10,15H,4-5,9H2,1-3H3. The van der Waals surface area contributed by atoms with Crippen LogP contribution >= 0.6 is 11.6 Å². The van der Waals surface area contributed by atoms with E-state index in [1.165, 1.54) is 6.42 Å². The van der Waals surface area contributed by atoms with Crippen molar-refractivity contribution >= 4 is 17.3 Å². The Morgan fingerprint density at radius 2 is 2.12 bits per heavy atom. The fourth-order valence-corrected chi connectivity index (χ4v) is 1.55. The van der Waals surface area contributed by atoms with E-state index in [0.29, 0.717) is 17.5 Å². The first-order chi connectivity index (χ1) is 7.67. The van der Waals surface area contributed by atoms with Crippen LogP contribution in [-0.4, -0.2) is 13.2 Å². The van der Waals surface area contributed by atoms with Gasteiger partial charge < -0.3 is 10.1 Å². The van der Waals surface area contributed by atoms with E-state index >= 15 is 0 Å². The molecule has 1 atom stereocenters. The zero-order valence-corrected chi connectivity index (χ0v) is 11.0.